The van der Waals surface area contributed by atoms with Gasteiger partial charge in [0.1, 0.15) is 5.75 Å². The fourth-order valence-corrected chi connectivity index (χ4v) is 7.21. The van der Waals surface area contributed by atoms with E-state index in [-0.39, 0.29) is 17.8 Å². The zero-order valence-electron chi connectivity index (χ0n) is 20.2. The first-order chi connectivity index (χ1) is 15.3. The molecule has 2 aromatic rings. The Morgan fingerprint density at radius 2 is 1.58 bits per heavy atom. The zero-order valence-corrected chi connectivity index (χ0v) is 21.1. The molecule has 0 heterocycles. The number of halogens is 3. The summed E-state index contributed by atoms with van der Waals surface area (Å²) in [5.74, 6) is 1.11. The van der Waals surface area contributed by atoms with Crippen LogP contribution < -0.4 is 9.83 Å². The largest absolute Gasteiger partial charge is 0.421 e. The van der Waals surface area contributed by atoms with E-state index in [2.05, 4.69) is 20.8 Å². The third-order valence-corrected chi connectivity index (χ3v) is 8.80. The lowest BCUT2D eigenvalue weighted by molar-refractivity contribution is -0.137. The highest BCUT2D eigenvalue weighted by Crippen LogP contribution is 2.53. The third-order valence-electron chi connectivity index (χ3n) is 6.55. The second-order valence-electron chi connectivity index (χ2n) is 9.83. The Bertz CT molecular complexity index is 991. The molecule has 0 radical (unpaired) electrons. The first-order valence-electron chi connectivity index (χ1n) is 11.5. The molecule has 0 N–H and O–H groups in total. The summed E-state index contributed by atoms with van der Waals surface area (Å²) >= 11 is 0. The minimum atomic E-state index is -4.45. The smallest absolute Gasteiger partial charge is 0.416 e. The second kappa shape index (κ2) is 9.84. The van der Waals surface area contributed by atoms with E-state index in [1.54, 1.807) is 0 Å². The van der Waals surface area contributed by atoms with Crippen molar-refractivity contribution >= 4 is 12.9 Å². The molecule has 0 unspecified atom stereocenters. The van der Waals surface area contributed by atoms with E-state index in [4.69, 9.17) is 9.05 Å². The van der Waals surface area contributed by atoms with Gasteiger partial charge in [-0.25, -0.2) is 4.57 Å². The van der Waals surface area contributed by atoms with Gasteiger partial charge < -0.3 is 4.52 Å². The number of benzene rings is 2. The van der Waals surface area contributed by atoms with Gasteiger partial charge in [0.15, 0.2) is 0 Å². The number of hydrogen-bond donors (Lipinski definition) is 0. The molecule has 0 aliphatic heterocycles. The van der Waals surface area contributed by atoms with E-state index in [1.807, 2.05) is 32.9 Å². The highest BCUT2D eigenvalue weighted by molar-refractivity contribution is 7.62. The average Bonchev–Trinajstić information content (AvgIpc) is 2.66. The van der Waals surface area contributed by atoms with Crippen LogP contribution in [0.3, 0.4) is 0 Å². The summed E-state index contributed by atoms with van der Waals surface area (Å²) < 4.78 is 65.9. The maximum Gasteiger partial charge on any atom is 0.416 e. The summed E-state index contributed by atoms with van der Waals surface area (Å²) in [6.07, 6.45) is -1.86. The molecule has 0 bridgehead atoms. The standard InChI is InChI=1S/C26H34F3O3P/c1-16(2)23-12-7-17(3)15-24(23)32-33(30,25-19(5)13-18(4)14-20(25)6)31-22-10-8-21(9-11-22)26(27,28)29/h8-11,13-14,16-17,23-24H,7,12,15H2,1-6H3/t17-,23+,24-,33+/m1/s1. The number of aryl methyl sites for hydroxylation is 3. The Labute approximate surface area is 195 Å². The van der Waals surface area contributed by atoms with E-state index in [0.29, 0.717) is 17.1 Å². The zero-order chi connectivity index (χ0) is 24.6. The van der Waals surface area contributed by atoms with Crippen molar-refractivity contribution in [3.63, 3.8) is 0 Å². The van der Waals surface area contributed by atoms with Gasteiger partial charge in [-0.15, -0.1) is 0 Å². The van der Waals surface area contributed by atoms with Crippen molar-refractivity contribution in [2.75, 3.05) is 0 Å². The molecule has 0 saturated heterocycles. The Morgan fingerprint density at radius 1 is 1.00 bits per heavy atom. The minimum Gasteiger partial charge on any atom is -0.421 e. The predicted molar refractivity (Wildman–Crippen MR) is 126 cm³/mol. The van der Waals surface area contributed by atoms with Crippen LogP contribution in [0.2, 0.25) is 0 Å². The van der Waals surface area contributed by atoms with Crippen molar-refractivity contribution in [3.05, 3.63) is 58.7 Å². The van der Waals surface area contributed by atoms with E-state index >= 15 is 0 Å². The molecule has 1 aliphatic rings. The first kappa shape index (κ1) is 25.8. The molecule has 4 atom stereocenters. The van der Waals surface area contributed by atoms with Crippen LogP contribution in [0.15, 0.2) is 36.4 Å². The van der Waals surface area contributed by atoms with Gasteiger partial charge in [0.2, 0.25) is 0 Å². The molecule has 1 fully saturated rings. The van der Waals surface area contributed by atoms with Crippen LogP contribution >= 0.6 is 7.60 Å². The summed E-state index contributed by atoms with van der Waals surface area (Å²) in [6.45, 7) is 12.1. The van der Waals surface area contributed by atoms with Crippen molar-refractivity contribution in [2.45, 2.75) is 73.1 Å². The maximum atomic E-state index is 14.5. The molecule has 0 aromatic heterocycles. The van der Waals surface area contributed by atoms with Crippen LogP contribution in [0.25, 0.3) is 0 Å². The molecule has 182 valence electrons. The molecule has 3 rings (SSSR count). The van der Waals surface area contributed by atoms with Gasteiger partial charge in [-0.2, -0.15) is 13.2 Å². The molecule has 3 nitrogen and oxygen atoms in total. The van der Waals surface area contributed by atoms with Gasteiger partial charge in [0, 0.05) is 0 Å². The Morgan fingerprint density at radius 3 is 2.09 bits per heavy atom. The summed E-state index contributed by atoms with van der Waals surface area (Å²) in [7, 11) is -3.90. The molecule has 1 aliphatic carbocycles. The highest BCUT2D eigenvalue weighted by atomic mass is 31.2. The number of alkyl halides is 3. The van der Waals surface area contributed by atoms with Crippen LogP contribution in [0, 0.1) is 38.5 Å². The fraction of sp³-hybridized carbons (Fsp3) is 0.538. The van der Waals surface area contributed by atoms with E-state index < -0.39 is 19.3 Å². The molecule has 0 amide bonds. The summed E-state index contributed by atoms with van der Waals surface area (Å²) in [5.41, 5.74) is 1.82. The number of hydrogen-bond acceptors (Lipinski definition) is 3. The van der Waals surface area contributed by atoms with Gasteiger partial charge >= 0.3 is 13.8 Å². The summed E-state index contributed by atoms with van der Waals surface area (Å²) in [4.78, 5) is 0. The second-order valence-corrected chi connectivity index (χ2v) is 11.7. The topological polar surface area (TPSA) is 35.5 Å². The van der Waals surface area contributed by atoms with Crippen LogP contribution in [0.4, 0.5) is 13.2 Å². The molecule has 7 heteroatoms. The number of rotatable bonds is 6. The summed E-state index contributed by atoms with van der Waals surface area (Å²) in [5, 5.41) is 0.494. The van der Waals surface area contributed by atoms with Gasteiger partial charge in [0.05, 0.1) is 17.0 Å². The maximum absolute atomic E-state index is 14.5. The molecule has 2 aromatic carbocycles. The average molecular weight is 483 g/mol. The summed E-state index contributed by atoms with van der Waals surface area (Å²) in [6, 6.07) is 8.15. The molecular weight excluding hydrogens is 448 g/mol. The Kier molecular flexibility index (Phi) is 7.70. The normalized spacial score (nSPS) is 23.4. The van der Waals surface area contributed by atoms with Gasteiger partial charge in [-0.3, -0.25) is 4.52 Å². The van der Waals surface area contributed by atoms with Crippen molar-refractivity contribution in [1.29, 1.82) is 0 Å². The SMILES string of the molecule is Cc1cc(C)c([P@](=O)(Oc2ccc(C(F)(F)F)cc2)O[C@@H]2C[C@H](C)CC[C@H]2C(C)C)c(C)c1. The van der Waals surface area contributed by atoms with Crippen LogP contribution in [0.5, 0.6) is 5.75 Å². The molecular formula is C26H34F3O3P. The van der Waals surface area contributed by atoms with Crippen molar-refractivity contribution in [1.82, 2.24) is 0 Å². The van der Waals surface area contributed by atoms with Gasteiger partial charge in [-0.05, 0) is 86.8 Å². The van der Waals surface area contributed by atoms with Crippen LogP contribution in [-0.4, -0.2) is 6.10 Å². The van der Waals surface area contributed by atoms with Crippen LogP contribution in [0.1, 0.15) is 62.3 Å². The minimum absolute atomic E-state index is 0.0932. The van der Waals surface area contributed by atoms with E-state index in [1.165, 1.54) is 12.1 Å². The van der Waals surface area contributed by atoms with Crippen LogP contribution in [-0.2, 0) is 15.3 Å². The lowest BCUT2D eigenvalue weighted by Crippen LogP contribution is -2.35. The molecule has 1 saturated carbocycles. The van der Waals surface area contributed by atoms with E-state index in [9.17, 15) is 17.7 Å². The lowest BCUT2D eigenvalue weighted by atomic mass is 9.75. The van der Waals surface area contributed by atoms with Gasteiger partial charge in [0.25, 0.3) is 0 Å². The van der Waals surface area contributed by atoms with Crippen molar-refractivity contribution in [2.24, 2.45) is 17.8 Å². The lowest BCUT2D eigenvalue weighted by Gasteiger charge is -2.39. The molecule has 0 spiro atoms. The van der Waals surface area contributed by atoms with Crippen molar-refractivity contribution in [3.8, 4) is 5.75 Å². The molecule has 33 heavy (non-hydrogen) atoms. The highest BCUT2D eigenvalue weighted by Gasteiger charge is 2.41. The van der Waals surface area contributed by atoms with E-state index in [0.717, 1.165) is 48.1 Å². The first-order valence-corrected chi connectivity index (χ1v) is 13.1. The van der Waals surface area contributed by atoms with Crippen molar-refractivity contribution < 1.29 is 26.8 Å². The predicted octanol–water partition coefficient (Wildman–Crippen LogP) is 8.01. The fourth-order valence-electron chi connectivity index (χ4n) is 4.98. The monoisotopic (exact) mass is 482 g/mol. The quantitative estimate of drug-likeness (QED) is 0.391. The van der Waals surface area contributed by atoms with Gasteiger partial charge in [-0.1, -0.05) is 44.9 Å². The third kappa shape index (κ3) is 6.02. The Hall–Kier alpha value is -1.78. The Balaban J connectivity index is 2.04.